The van der Waals surface area contributed by atoms with E-state index in [1.54, 1.807) is 0 Å². The number of aliphatic hydroxyl groups excluding tert-OH is 1. The van der Waals surface area contributed by atoms with Gasteiger partial charge in [0.25, 0.3) is 0 Å². The van der Waals surface area contributed by atoms with E-state index in [0.29, 0.717) is 0 Å². The third-order valence-electron chi connectivity index (χ3n) is 3.59. The summed E-state index contributed by atoms with van der Waals surface area (Å²) in [6, 6.07) is 0.0580. The third kappa shape index (κ3) is 4.28. The monoisotopic (exact) mass is 242 g/mol. The SMILES string of the molecule is CCCCCNC(=O)C(C)N1CCCC1CO. The van der Waals surface area contributed by atoms with Crippen LogP contribution in [-0.4, -0.2) is 47.7 Å². The number of nitrogens with zero attached hydrogens (tertiary/aromatic N) is 1. The lowest BCUT2D eigenvalue weighted by molar-refractivity contribution is -0.126. The minimum Gasteiger partial charge on any atom is -0.395 e. The Morgan fingerprint density at radius 2 is 2.29 bits per heavy atom. The molecule has 100 valence electrons. The van der Waals surface area contributed by atoms with Crippen LogP contribution in [0.15, 0.2) is 0 Å². The Hall–Kier alpha value is -0.610. The van der Waals surface area contributed by atoms with Gasteiger partial charge in [-0.15, -0.1) is 0 Å². The van der Waals surface area contributed by atoms with Gasteiger partial charge in [0.05, 0.1) is 12.6 Å². The van der Waals surface area contributed by atoms with Crippen LogP contribution in [-0.2, 0) is 4.79 Å². The number of unbranched alkanes of at least 4 members (excludes halogenated alkanes) is 2. The number of carbonyl (C=O) groups is 1. The van der Waals surface area contributed by atoms with Crippen LogP contribution in [0.2, 0.25) is 0 Å². The first kappa shape index (κ1) is 14.5. The molecule has 2 N–H and O–H groups in total. The Bertz CT molecular complexity index is 233. The molecule has 0 bridgehead atoms. The molecule has 1 saturated heterocycles. The van der Waals surface area contributed by atoms with E-state index in [4.69, 9.17) is 0 Å². The molecule has 1 aliphatic rings. The van der Waals surface area contributed by atoms with Gasteiger partial charge in [0.1, 0.15) is 0 Å². The highest BCUT2D eigenvalue weighted by molar-refractivity contribution is 5.81. The first-order chi connectivity index (χ1) is 8.20. The van der Waals surface area contributed by atoms with Gasteiger partial charge in [0, 0.05) is 12.6 Å². The minimum absolute atomic E-state index is 0.0986. The van der Waals surface area contributed by atoms with Crippen molar-refractivity contribution in [3.63, 3.8) is 0 Å². The fraction of sp³-hybridized carbons (Fsp3) is 0.923. The molecule has 0 aromatic heterocycles. The van der Waals surface area contributed by atoms with Gasteiger partial charge in [-0.1, -0.05) is 19.8 Å². The average molecular weight is 242 g/mol. The van der Waals surface area contributed by atoms with Crippen LogP contribution in [0.1, 0.15) is 46.0 Å². The number of aliphatic hydroxyl groups is 1. The predicted molar refractivity (Wildman–Crippen MR) is 68.8 cm³/mol. The van der Waals surface area contributed by atoms with Crippen molar-refractivity contribution in [1.82, 2.24) is 10.2 Å². The molecule has 0 saturated carbocycles. The van der Waals surface area contributed by atoms with Crippen molar-refractivity contribution in [3.8, 4) is 0 Å². The zero-order valence-corrected chi connectivity index (χ0v) is 11.1. The lowest BCUT2D eigenvalue weighted by Crippen LogP contribution is -2.48. The number of carbonyl (C=O) groups excluding carboxylic acids is 1. The van der Waals surface area contributed by atoms with E-state index >= 15 is 0 Å². The van der Waals surface area contributed by atoms with E-state index in [1.165, 1.54) is 6.42 Å². The Morgan fingerprint density at radius 3 is 2.94 bits per heavy atom. The molecule has 1 rings (SSSR count). The molecule has 1 heterocycles. The van der Waals surface area contributed by atoms with Crippen LogP contribution in [0.4, 0.5) is 0 Å². The highest BCUT2D eigenvalue weighted by Gasteiger charge is 2.31. The molecule has 0 aromatic carbocycles. The van der Waals surface area contributed by atoms with Crippen molar-refractivity contribution in [1.29, 1.82) is 0 Å². The van der Waals surface area contributed by atoms with Crippen LogP contribution in [0.3, 0.4) is 0 Å². The Morgan fingerprint density at radius 1 is 1.53 bits per heavy atom. The maximum Gasteiger partial charge on any atom is 0.237 e. The summed E-state index contributed by atoms with van der Waals surface area (Å²) in [5.74, 6) is 0.0986. The number of rotatable bonds is 7. The minimum atomic E-state index is -0.115. The topological polar surface area (TPSA) is 52.6 Å². The highest BCUT2D eigenvalue weighted by atomic mass is 16.3. The summed E-state index contributed by atoms with van der Waals surface area (Å²) >= 11 is 0. The van der Waals surface area contributed by atoms with E-state index in [9.17, 15) is 9.90 Å². The molecule has 1 amide bonds. The first-order valence-electron chi connectivity index (χ1n) is 6.85. The summed E-state index contributed by atoms with van der Waals surface area (Å²) in [5, 5.41) is 12.2. The van der Waals surface area contributed by atoms with Crippen LogP contribution in [0, 0.1) is 0 Å². The van der Waals surface area contributed by atoms with Gasteiger partial charge in [-0.3, -0.25) is 9.69 Å². The molecule has 1 fully saturated rings. The van der Waals surface area contributed by atoms with Gasteiger partial charge < -0.3 is 10.4 Å². The maximum absolute atomic E-state index is 11.9. The fourth-order valence-corrected chi connectivity index (χ4v) is 2.45. The van der Waals surface area contributed by atoms with Crippen molar-refractivity contribution in [2.75, 3.05) is 19.7 Å². The third-order valence-corrected chi connectivity index (χ3v) is 3.59. The van der Waals surface area contributed by atoms with Crippen LogP contribution >= 0.6 is 0 Å². The average Bonchev–Trinajstić information content (AvgIpc) is 2.81. The van der Waals surface area contributed by atoms with E-state index in [0.717, 1.165) is 38.8 Å². The van der Waals surface area contributed by atoms with Gasteiger partial charge in [0.15, 0.2) is 0 Å². The van der Waals surface area contributed by atoms with Gasteiger partial charge in [-0.05, 0) is 32.7 Å². The van der Waals surface area contributed by atoms with Gasteiger partial charge >= 0.3 is 0 Å². The Balaban J connectivity index is 2.30. The summed E-state index contributed by atoms with van der Waals surface area (Å²) < 4.78 is 0. The molecule has 0 spiro atoms. The highest BCUT2D eigenvalue weighted by Crippen LogP contribution is 2.19. The zero-order valence-electron chi connectivity index (χ0n) is 11.1. The Kier molecular flexibility index (Phi) is 6.52. The van der Waals surface area contributed by atoms with Crippen molar-refractivity contribution in [3.05, 3.63) is 0 Å². The molecule has 2 unspecified atom stereocenters. The molecule has 2 atom stereocenters. The molecule has 0 aromatic rings. The van der Waals surface area contributed by atoms with Crippen molar-refractivity contribution >= 4 is 5.91 Å². The normalized spacial score (nSPS) is 22.6. The standard InChI is InChI=1S/C13H26N2O2/c1-3-4-5-8-14-13(17)11(2)15-9-6-7-12(15)10-16/h11-12,16H,3-10H2,1-2H3,(H,14,17). The summed E-state index contributed by atoms with van der Waals surface area (Å²) in [7, 11) is 0. The quantitative estimate of drug-likeness (QED) is 0.658. The molecule has 4 nitrogen and oxygen atoms in total. The molecular formula is C13H26N2O2. The molecule has 4 heteroatoms. The second-order valence-corrected chi connectivity index (χ2v) is 4.89. The summed E-state index contributed by atoms with van der Waals surface area (Å²) in [5.41, 5.74) is 0. The lowest BCUT2D eigenvalue weighted by Gasteiger charge is -2.28. The van der Waals surface area contributed by atoms with Crippen molar-refractivity contribution in [2.45, 2.75) is 58.0 Å². The van der Waals surface area contributed by atoms with E-state index in [1.807, 2.05) is 6.92 Å². The maximum atomic E-state index is 11.9. The van der Waals surface area contributed by atoms with E-state index in [-0.39, 0.29) is 24.6 Å². The second kappa shape index (κ2) is 7.67. The lowest BCUT2D eigenvalue weighted by atomic mass is 10.2. The molecule has 0 radical (unpaired) electrons. The number of amides is 1. The zero-order chi connectivity index (χ0) is 12.7. The molecular weight excluding hydrogens is 216 g/mol. The number of hydrogen-bond donors (Lipinski definition) is 2. The number of likely N-dealkylation sites (tertiary alicyclic amines) is 1. The van der Waals surface area contributed by atoms with E-state index in [2.05, 4.69) is 17.1 Å². The van der Waals surface area contributed by atoms with Crippen molar-refractivity contribution < 1.29 is 9.90 Å². The smallest absolute Gasteiger partial charge is 0.237 e. The van der Waals surface area contributed by atoms with Gasteiger partial charge in [-0.2, -0.15) is 0 Å². The van der Waals surface area contributed by atoms with E-state index < -0.39 is 0 Å². The van der Waals surface area contributed by atoms with Crippen molar-refractivity contribution in [2.24, 2.45) is 0 Å². The number of hydrogen-bond acceptors (Lipinski definition) is 3. The Labute approximate surface area is 104 Å². The molecule has 17 heavy (non-hydrogen) atoms. The van der Waals surface area contributed by atoms with Crippen LogP contribution in [0.5, 0.6) is 0 Å². The largest absolute Gasteiger partial charge is 0.395 e. The molecule has 0 aliphatic carbocycles. The predicted octanol–water partition coefficient (Wildman–Crippen LogP) is 1.14. The summed E-state index contributed by atoms with van der Waals surface area (Å²) in [6.07, 6.45) is 5.48. The second-order valence-electron chi connectivity index (χ2n) is 4.89. The van der Waals surface area contributed by atoms with Gasteiger partial charge in [-0.25, -0.2) is 0 Å². The van der Waals surface area contributed by atoms with Crippen LogP contribution in [0.25, 0.3) is 0 Å². The fourth-order valence-electron chi connectivity index (χ4n) is 2.45. The van der Waals surface area contributed by atoms with Crippen LogP contribution < -0.4 is 5.32 Å². The molecule has 1 aliphatic heterocycles. The van der Waals surface area contributed by atoms with Gasteiger partial charge in [0.2, 0.25) is 5.91 Å². The first-order valence-corrected chi connectivity index (χ1v) is 6.85. The number of nitrogens with one attached hydrogen (secondary N) is 1. The summed E-state index contributed by atoms with van der Waals surface area (Å²) in [6.45, 7) is 5.94. The summed E-state index contributed by atoms with van der Waals surface area (Å²) in [4.78, 5) is 14.0.